The van der Waals surface area contributed by atoms with Crippen LogP contribution in [0.3, 0.4) is 0 Å². The van der Waals surface area contributed by atoms with Gasteiger partial charge in [-0.1, -0.05) is 6.07 Å². The van der Waals surface area contributed by atoms with Crippen molar-refractivity contribution in [3.8, 4) is 5.75 Å². The topological polar surface area (TPSA) is 29.5 Å². The third-order valence-electron chi connectivity index (χ3n) is 4.01. The lowest BCUT2D eigenvalue weighted by Gasteiger charge is -2.30. The van der Waals surface area contributed by atoms with Gasteiger partial charge in [0.1, 0.15) is 5.75 Å². The predicted molar refractivity (Wildman–Crippen MR) is 57.9 cm³/mol. The molecule has 1 aromatic carbocycles. The highest BCUT2D eigenvalue weighted by atomic mass is 16.5. The summed E-state index contributed by atoms with van der Waals surface area (Å²) in [6.45, 7) is 0. The van der Waals surface area contributed by atoms with Crippen molar-refractivity contribution in [3.05, 3.63) is 29.3 Å². The lowest BCUT2D eigenvalue weighted by molar-refractivity contribution is 0.0776. The Hall–Kier alpha value is -1.02. The second-order valence-corrected chi connectivity index (χ2v) is 4.83. The molecule has 2 aliphatic rings. The molecule has 2 heteroatoms. The van der Waals surface area contributed by atoms with Gasteiger partial charge in [0.05, 0.1) is 13.2 Å². The van der Waals surface area contributed by atoms with Gasteiger partial charge in [-0.3, -0.25) is 0 Å². The van der Waals surface area contributed by atoms with Gasteiger partial charge in [-0.05, 0) is 48.9 Å². The molecule has 1 atom stereocenters. The monoisotopic (exact) mass is 204 g/mol. The maximum atomic E-state index is 10.3. The summed E-state index contributed by atoms with van der Waals surface area (Å²) in [5, 5.41) is 10.3. The van der Waals surface area contributed by atoms with Crippen LogP contribution in [0.2, 0.25) is 0 Å². The predicted octanol–water partition coefficient (Wildman–Crippen LogP) is 2.46. The van der Waals surface area contributed by atoms with Crippen LogP contribution in [0.4, 0.5) is 0 Å². The third-order valence-corrected chi connectivity index (χ3v) is 4.01. The van der Waals surface area contributed by atoms with Crippen molar-refractivity contribution < 1.29 is 9.84 Å². The average molecular weight is 204 g/mol. The molecule has 0 heterocycles. The summed E-state index contributed by atoms with van der Waals surface area (Å²) in [4.78, 5) is 0. The van der Waals surface area contributed by atoms with Gasteiger partial charge in [0.15, 0.2) is 0 Å². The van der Waals surface area contributed by atoms with Gasteiger partial charge in [0.2, 0.25) is 0 Å². The zero-order valence-electron chi connectivity index (χ0n) is 8.99. The van der Waals surface area contributed by atoms with E-state index in [2.05, 4.69) is 6.07 Å². The van der Waals surface area contributed by atoms with Crippen molar-refractivity contribution in [3.63, 3.8) is 0 Å². The summed E-state index contributed by atoms with van der Waals surface area (Å²) in [6, 6.07) is 6.07. The zero-order chi connectivity index (χ0) is 10.5. The molecule has 0 bridgehead atoms. The molecule has 2 aliphatic carbocycles. The van der Waals surface area contributed by atoms with Crippen LogP contribution >= 0.6 is 0 Å². The van der Waals surface area contributed by atoms with E-state index in [4.69, 9.17) is 4.74 Å². The third kappa shape index (κ3) is 1.28. The van der Waals surface area contributed by atoms with Gasteiger partial charge >= 0.3 is 0 Å². The summed E-state index contributed by atoms with van der Waals surface area (Å²) in [6.07, 6.45) is 4.36. The first-order valence-electron chi connectivity index (χ1n) is 5.60. The average Bonchev–Trinajstić information content (AvgIpc) is 3.05. The molecule has 1 fully saturated rings. The minimum Gasteiger partial charge on any atom is -0.497 e. The van der Waals surface area contributed by atoms with Gasteiger partial charge in [-0.25, -0.2) is 0 Å². The Kier molecular flexibility index (Phi) is 1.84. The molecule has 15 heavy (non-hydrogen) atoms. The van der Waals surface area contributed by atoms with Crippen molar-refractivity contribution in [1.82, 2.24) is 0 Å². The standard InChI is InChI=1S/C13H16O2/c1-15-10-3-2-9-4-5-13(6-7-13)12(14)11(9)8-10/h2-3,8,12,14H,4-7H2,1H3. The number of methoxy groups -OCH3 is 1. The SMILES string of the molecule is COc1ccc2c(c1)C(O)C1(CC2)CC1. The fourth-order valence-electron chi connectivity index (χ4n) is 2.72. The molecular formula is C13H16O2. The first-order chi connectivity index (χ1) is 7.25. The lowest BCUT2D eigenvalue weighted by atomic mass is 9.79. The number of rotatable bonds is 1. The summed E-state index contributed by atoms with van der Waals surface area (Å²) in [5.41, 5.74) is 2.61. The highest BCUT2D eigenvalue weighted by Gasteiger charge is 2.51. The Labute approximate surface area is 89.9 Å². The zero-order valence-corrected chi connectivity index (χ0v) is 8.99. The maximum absolute atomic E-state index is 10.3. The first-order valence-corrected chi connectivity index (χ1v) is 5.60. The Bertz CT molecular complexity index is 394. The number of ether oxygens (including phenoxy) is 1. The summed E-state index contributed by atoms with van der Waals surface area (Å²) in [7, 11) is 1.67. The van der Waals surface area contributed by atoms with E-state index in [1.165, 1.54) is 18.4 Å². The quantitative estimate of drug-likeness (QED) is 0.761. The van der Waals surface area contributed by atoms with E-state index in [1.807, 2.05) is 12.1 Å². The number of hydrogen-bond acceptors (Lipinski definition) is 2. The second kappa shape index (κ2) is 2.99. The molecule has 1 unspecified atom stereocenters. The van der Waals surface area contributed by atoms with Gasteiger partial charge in [0, 0.05) is 5.41 Å². The van der Waals surface area contributed by atoms with Gasteiger partial charge in [-0.2, -0.15) is 0 Å². The van der Waals surface area contributed by atoms with Crippen molar-refractivity contribution in [1.29, 1.82) is 0 Å². The van der Waals surface area contributed by atoms with Crippen molar-refractivity contribution in [2.45, 2.75) is 31.8 Å². The van der Waals surface area contributed by atoms with E-state index in [0.29, 0.717) is 0 Å². The van der Waals surface area contributed by atoms with Crippen molar-refractivity contribution in [2.75, 3.05) is 7.11 Å². The Morgan fingerprint density at radius 2 is 2.13 bits per heavy atom. The fourth-order valence-corrected chi connectivity index (χ4v) is 2.72. The highest BCUT2D eigenvalue weighted by Crippen LogP contribution is 2.60. The first kappa shape index (κ1) is 9.22. The molecule has 1 saturated carbocycles. The molecule has 80 valence electrons. The Morgan fingerprint density at radius 3 is 2.80 bits per heavy atom. The van der Waals surface area contributed by atoms with Crippen LogP contribution in [0.15, 0.2) is 18.2 Å². The van der Waals surface area contributed by atoms with Crippen molar-refractivity contribution >= 4 is 0 Å². The van der Waals surface area contributed by atoms with E-state index in [-0.39, 0.29) is 11.5 Å². The van der Waals surface area contributed by atoms with E-state index >= 15 is 0 Å². The summed E-state index contributed by atoms with van der Waals surface area (Å²) >= 11 is 0. The second-order valence-electron chi connectivity index (χ2n) is 4.83. The van der Waals surface area contributed by atoms with Gasteiger partial charge < -0.3 is 9.84 Å². The van der Waals surface area contributed by atoms with Crippen molar-refractivity contribution in [2.24, 2.45) is 5.41 Å². The maximum Gasteiger partial charge on any atom is 0.119 e. The van der Waals surface area contributed by atoms with E-state index < -0.39 is 0 Å². The lowest BCUT2D eigenvalue weighted by Crippen LogP contribution is -2.21. The van der Waals surface area contributed by atoms with E-state index in [9.17, 15) is 5.11 Å². The minimum absolute atomic E-state index is 0.222. The number of aliphatic hydroxyl groups excluding tert-OH is 1. The Morgan fingerprint density at radius 1 is 1.33 bits per heavy atom. The van der Waals surface area contributed by atoms with E-state index in [0.717, 1.165) is 24.2 Å². The minimum atomic E-state index is -0.267. The van der Waals surface area contributed by atoms with Crippen LogP contribution in [0.1, 0.15) is 36.5 Å². The highest BCUT2D eigenvalue weighted by molar-refractivity contribution is 5.40. The van der Waals surface area contributed by atoms with Crippen LogP contribution < -0.4 is 4.74 Å². The molecule has 1 aromatic rings. The summed E-state index contributed by atoms with van der Waals surface area (Å²) < 4.78 is 5.21. The molecular weight excluding hydrogens is 188 g/mol. The number of aliphatic hydroxyl groups is 1. The number of fused-ring (bicyclic) bond motifs is 1. The molecule has 3 rings (SSSR count). The van der Waals surface area contributed by atoms with Crippen LogP contribution in [0.5, 0.6) is 5.75 Å². The Balaban J connectivity index is 2.04. The van der Waals surface area contributed by atoms with Crippen LogP contribution in [-0.2, 0) is 6.42 Å². The smallest absolute Gasteiger partial charge is 0.119 e. The van der Waals surface area contributed by atoms with E-state index in [1.54, 1.807) is 7.11 Å². The molecule has 2 nitrogen and oxygen atoms in total. The molecule has 0 saturated heterocycles. The number of aryl methyl sites for hydroxylation is 1. The molecule has 0 aromatic heterocycles. The molecule has 1 spiro atoms. The number of benzene rings is 1. The number of hydrogen-bond donors (Lipinski definition) is 1. The van der Waals surface area contributed by atoms with Gasteiger partial charge in [-0.15, -0.1) is 0 Å². The molecule has 1 N–H and O–H groups in total. The largest absolute Gasteiger partial charge is 0.497 e. The van der Waals surface area contributed by atoms with Gasteiger partial charge in [0.25, 0.3) is 0 Å². The molecule has 0 aliphatic heterocycles. The molecule has 0 radical (unpaired) electrons. The summed E-state index contributed by atoms with van der Waals surface area (Å²) in [5.74, 6) is 0.852. The van der Waals surface area contributed by atoms with Crippen LogP contribution in [0.25, 0.3) is 0 Å². The van der Waals surface area contributed by atoms with Crippen LogP contribution in [0, 0.1) is 5.41 Å². The fraction of sp³-hybridized carbons (Fsp3) is 0.538. The molecule has 0 amide bonds. The normalized spacial score (nSPS) is 26.1. The van der Waals surface area contributed by atoms with Crippen LogP contribution in [-0.4, -0.2) is 12.2 Å².